The predicted molar refractivity (Wildman–Crippen MR) is 77.8 cm³/mol. The fraction of sp³-hybridized carbons (Fsp3) is 0.200. The van der Waals surface area contributed by atoms with Crippen LogP contribution in [0.1, 0.15) is 29.7 Å². The number of ether oxygens (including phenoxy) is 1. The van der Waals surface area contributed by atoms with E-state index in [4.69, 9.17) is 33.7 Å². The summed E-state index contributed by atoms with van der Waals surface area (Å²) in [6.07, 6.45) is 0.690. The van der Waals surface area contributed by atoms with Crippen LogP contribution < -0.4 is 10.5 Å². The molecular formula is C15H13Cl2NO. The van der Waals surface area contributed by atoms with Gasteiger partial charge in [0, 0.05) is 28.1 Å². The maximum atomic E-state index is 6.21. The fourth-order valence-electron chi connectivity index (χ4n) is 2.36. The van der Waals surface area contributed by atoms with Crippen LogP contribution in [0, 0.1) is 0 Å². The van der Waals surface area contributed by atoms with E-state index in [1.54, 1.807) is 0 Å². The van der Waals surface area contributed by atoms with Gasteiger partial charge >= 0.3 is 0 Å². The van der Waals surface area contributed by atoms with Gasteiger partial charge in [0.25, 0.3) is 0 Å². The van der Waals surface area contributed by atoms with Crippen LogP contribution in [0.15, 0.2) is 42.5 Å². The zero-order valence-electron chi connectivity index (χ0n) is 10.1. The highest BCUT2D eigenvalue weighted by Crippen LogP contribution is 2.40. The minimum atomic E-state index is -0.0665. The molecule has 0 aromatic heterocycles. The Kier molecular flexibility index (Phi) is 3.40. The Morgan fingerprint density at radius 1 is 1.00 bits per heavy atom. The van der Waals surface area contributed by atoms with Crippen molar-refractivity contribution in [3.63, 3.8) is 0 Å². The van der Waals surface area contributed by atoms with Gasteiger partial charge in [0.1, 0.15) is 11.9 Å². The van der Waals surface area contributed by atoms with Crippen molar-refractivity contribution in [2.45, 2.75) is 18.6 Å². The highest BCUT2D eigenvalue weighted by molar-refractivity contribution is 6.30. The van der Waals surface area contributed by atoms with E-state index in [1.165, 1.54) is 0 Å². The molecule has 2 N–H and O–H groups in total. The van der Waals surface area contributed by atoms with Gasteiger partial charge in [-0.05, 0) is 35.9 Å². The standard InChI is InChI=1S/C15H13Cl2NO/c16-10-3-1-9(2-4-10)15-8-13(18)12-7-11(17)5-6-14(12)19-15/h1-7,13,15H,8,18H2/t13-,15?/m0/s1. The quantitative estimate of drug-likeness (QED) is 0.839. The summed E-state index contributed by atoms with van der Waals surface area (Å²) in [6.45, 7) is 0. The SMILES string of the molecule is N[C@H]1CC(c2ccc(Cl)cc2)Oc2ccc(Cl)cc21. The molecule has 4 heteroatoms. The maximum absolute atomic E-state index is 6.21. The summed E-state index contributed by atoms with van der Waals surface area (Å²) in [5, 5.41) is 1.40. The van der Waals surface area contributed by atoms with E-state index in [0.717, 1.165) is 28.3 Å². The first kappa shape index (κ1) is 12.8. The van der Waals surface area contributed by atoms with E-state index < -0.39 is 0 Å². The Labute approximate surface area is 122 Å². The van der Waals surface area contributed by atoms with Gasteiger partial charge in [-0.3, -0.25) is 0 Å². The van der Waals surface area contributed by atoms with E-state index in [0.29, 0.717) is 5.02 Å². The van der Waals surface area contributed by atoms with Crippen LogP contribution in [-0.2, 0) is 0 Å². The molecule has 2 nitrogen and oxygen atoms in total. The molecule has 2 aromatic rings. The number of hydrogen-bond donors (Lipinski definition) is 1. The topological polar surface area (TPSA) is 35.2 Å². The van der Waals surface area contributed by atoms with Gasteiger partial charge in [0.15, 0.2) is 0 Å². The maximum Gasteiger partial charge on any atom is 0.126 e. The molecule has 2 atom stereocenters. The van der Waals surface area contributed by atoms with Crippen molar-refractivity contribution in [1.29, 1.82) is 0 Å². The number of rotatable bonds is 1. The summed E-state index contributed by atoms with van der Waals surface area (Å²) >= 11 is 11.9. The van der Waals surface area contributed by atoms with Gasteiger partial charge in [0.2, 0.25) is 0 Å². The van der Waals surface area contributed by atoms with E-state index in [1.807, 2.05) is 42.5 Å². The van der Waals surface area contributed by atoms with Crippen molar-refractivity contribution in [3.8, 4) is 5.75 Å². The van der Waals surface area contributed by atoms with E-state index in [2.05, 4.69) is 0 Å². The molecule has 1 aliphatic rings. The molecule has 1 heterocycles. The van der Waals surface area contributed by atoms with E-state index >= 15 is 0 Å². The molecule has 0 bridgehead atoms. The average molecular weight is 294 g/mol. The summed E-state index contributed by atoms with van der Waals surface area (Å²) in [5.41, 5.74) is 8.26. The number of benzene rings is 2. The second-order valence-corrected chi connectivity index (χ2v) is 5.56. The lowest BCUT2D eigenvalue weighted by atomic mass is 9.94. The fourth-order valence-corrected chi connectivity index (χ4v) is 2.66. The average Bonchev–Trinajstić information content (AvgIpc) is 2.40. The largest absolute Gasteiger partial charge is 0.485 e. The van der Waals surface area contributed by atoms with Crippen molar-refractivity contribution in [2.75, 3.05) is 0 Å². The molecule has 1 unspecified atom stereocenters. The van der Waals surface area contributed by atoms with Crippen LogP contribution >= 0.6 is 23.2 Å². The Hall–Kier alpha value is -1.22. The Morgan fingerprint density at radius 2 is 1.68 bits per heavy atom. The van der Waals surface area contributed by atoms with Crippen LogP contribution in [0.3, 0.4) is 0 Å². The third kappa shape index (κ3) is 2.57. The first-order valence-corrected chi connectivity index (χ1v) is 6.86. The highest BCUT2D eigenvalue weighted by atomic mass is 35.5. The van der Waals surface area contributed by atoms with Gasteiger partial charge in [-0.15, -0.1) is 0 Å². The lowest BCUT2D eigenvalue weighted by molar-refractivity contribution is 0.161. The molecule has 3 rings (SSSR count). The molecule has 0 saturated heterocycles. The van der Waals surface area contributed by atoms with E-state index in [-0.39, 0.29) is 12.1 Å². The van der Waals surface area contributed by atoms with Gasteiger partial charge < -0.3 is 10.5 Å². The minimum absolute atomic E-state index is 0.0408. The monoisotopic (exact) mass is 293 g/mol. The van der Waals surface area contributed by atoms with Gasteiger partial charge in [-0.1, -0.05) is 35.3 Å². The summed E-state index contributed by atoms with van der Waals surface area (Å²) < 4.78 is 6.00. The molecule has 19 heavy (non-hydrogen) atoms. The van der Waals surface area contributed by atoms with E-state index in [9.17, 15) is 0 Å². The second kappa shape index (κ2) is 5.04. The number of fused-ring (bicyclic) bond motifs is 1. The summed E-state index contributed by atoms with van der Waals surface area (Å²) in [4.78, 5) is 0. The van der Waals surface area contributed by atoms with Crippen LogP contribution in [0.5, 0.6) is 5.75 Å². The molecule has 0 spiro atoms. The number of nitrogens with two attached hydrogens (primary N) is 1. The lowest BCUT2D eigenvalue weighted by Gasteiger charge is -2.30. The molecule has 0 fully saturated rings. The molecule has 98 valence electrons. The third-order valence-electron chi connectivity index (χ3n) is 3.35. The first-order chi connectivity index (χ1) is 9.13. The minimum Gasteiger partial charge on any atom is -0.485 e. The molecule has 0 saturated carbocycles. The second-order valence-electron chi connectivity index (χ2n) is 4.68. The number of hydrogen-bond acceptors (Lipinski definition) is 2. The smallest absolute Gasteiger partial charge is 0.126 e. The molecule has 0 aliphatic carbocycles. The van der Waals surface area contributed by atoms with Crippen molar-refractivity contribution in [2.24, 2.45) is 5.73 Å². The zero-order chi connectivity index (χ0) is 13.4. The van der Waals surface area contributed by atoms with Crippen LogP contribution in [0.4, 0.5) is 0 Å². The lowest BCUT2D eigenvalue weighted by Crippen LogP contribution is -2.24. The molecule has 0 amide bonds. The predicted octanol–water partition coefficient (Wildman–Crippen LogP) is 4.52. The van der Waals surface area contributed by atoms with Crippen molar-refractivity contribution < 1.29 is 4.74 Å². The Bertz CT molecular complexity index is 598. The van der Waals surface area contributed by atoms with Gasteiger partial charge in [0.05, 0.1) is 0 Å². The summed E-state index contributed by atoms with van der Waals surface area (Å²) in [7, 11) is 0. The Morgan fingerprint density at radius 3 is 2.42 bits per heavy atom. The molecule has 1 aliphatic heterocycles. The number of halogens is 2. The third-order valence-corrected chi connectivity index (χ3v) is 3.84. The molecule has 2 aromatic carbocycles. The highest BCUT2D eigenvalue weighted by Gasteiger charge is 2.27. The zero-order valence-corrected chi connectivity index (χ0v) is 11.7. The van der Waals surface area contributed by atoms with Crippen LogP contribution in [0.25, 0.3) is 0 Å². The molecular weight excluding hydrogens is 281 g/mol. The van der Waals surface area contributed by atoms with Crippen molar-refractivity contribution in [3.05, 3.63) is 63.6 Å². The van der Waals surface area contributed by atoms with Crippen LogP contribution in [-0.4, -0.2) is 0 Å². The van der Waals surface area contributed by atoms with Crippen LogP contribution in [0.2, 0.25) is 10.0 Å². The summed E-state index contributed by atoms with van der Waals surface area (Å²) in [5.74, 6) is 0.808. The van der Waals surface area contributed by atoms with Crippen molar-refractivity contribution in [1.82, 2.24) is 0 Å². The molecule has 0 radical (unpaired) electrons. The Balaban J connectivity index is 1.92. The van der Waals surface area contributed by atoms with Crippen molar-refractivity contribution >= 4 is 23.2 Å². The normalized spacial score (nSPS) is 21.6. The summed E-state index contributed by atoms with van der Waals surface area (Å²) in [6, 6.07) is 13.2. The van der Waals surface area contributed by atoms with Gasteiger partial charge in [-0.2, -0.15) is 0 Å². The van der Waals surface area contributed by atoms with Gasteiger partial charge in [-0.25, -0.2) is 0 Å². The first-order valence-electron chi connectivity index (χ1n) is 6.10.